The Bertz CT molecular complexity index is 3990. The molecule has 11 fully saturated rings. The molecular weight excluding hydrogens is 1400 g/mol. The van der Waals surface area contributed by atoms with Gasteiger partial charge in [-0.05, 0) is 352 Å². The van der Waals surface area contributed by atoms with Gasteiger partial charge in [-0.15, -0.1) is 0 Å². The molecule has 5 aliphatic heterocycles. The van der Waals surface area contributed by atoms with Crippen molar-refractivity contribution in [3.63, 3.8) is 0 Å². The summed E-state index contributed by atoms with van der Waals surface area (Å²) < 4.78 is 56.2. The normalized spacial score (nSPS) is 26.6. The number of nitrogens with one attached hydrogen (secondary N) is 1. The van der Waals surface area contributed by atoms with Crippen LogP contribution in [0.15, 0.2) is 127 Å². The van der Waals surface area contributed by atoms with Crippen LogP contribution >= 0.6 is 0 Å². The number of alkyl halides is 1. The number of methoxy groups -OCH3 is 4. The molecule has 2 amide bonds. The maximum absolute atomic E-state index is 15.7. The van der Waals surface area contributed by atoms with E-state index >= 15 is 4.39 Å². The lowest BCUT2D eigenvalue weighted by Crippen LogP contribution is -2.47. The van der Waals surface area contributed by atoms with Crippen LogP contribution in [-0.2, 0) is 10.4 Å². The van der Waals surface area contributed by atoms with Gasteiger partial charge in [-0.1, -0.05) is 99.2 Å². The second-order valence-corrected chi connectivity index (χ2v) is 35.5. The standard InChI is InChI=1S/C29H39N3O4.C25H31NO.C22H33NO.C21H29F2NO/c1-4-36-29(34)32-17-11-21(12-18-32)20-31-15-13-23(14-16-31)26-19-25(9-10-27(26)35-3)22-5-7-24(8-6-22)28(33)30-2;1-27-22-10-8-19(9-11-22)23-4-2-3-5-24(23)20-12-14-26(15-13-20)25-17-18-6-7-21(25)16-18;1-16-13-21(24-2)7-8-22(16)19-9-11-23(12-10-19)20-6-5-17-3-4-18(14-17)15-20;1-25-20-8-7-17(22)14-18(20)21(23)9-11-24(12-10-21)19-4-2-3-15-5-6-16(19)13-15/h5-10,19,21,23H,4,11-18,20H2,1-3H3,(H,30,33);2-5,8-11,18,20-21,25H,6-7,12-17H2,1H3;7-8,13,17-20H,3-6,9-12,14-15H2,1-2H3;7-8,14-16,19H,2-6,9-13H2,1H3/t;18-,21?,25-;17-,18?,20?;/m.01./s1. The van der Waals surface area contributed by atoms with Gasteiger partial charge in [0.15, 0.2) is 0 Å². The minimum absolute atomic E-state index is 0.0757. The molecule has 606 valence electrons. The Morgan fingerprint density at radius 1 is 0.482 bits per heavy atom. The quantitative estimate of drug-likeness (QED) is 0.0943. The van der Waals surface area contributed by atoms with Gasteiger partial charge in [-0.2, -0.15) is 0 Å². The summed E-state index contributed by atoms with van der Waals surface area (Å²) in [5.41, 5.74) is 10.3. The predicted molar refractivity (Wildman–Crippen MR) is 448 cm³/mol. The van der Waals surface area contributed by atoms with Crippen LogP contribution in [0.25, 0.3) is 22.3 Å². The van der Waals surface area contributed by atoms with Crippen molar-refractivity contribution in [1.82, 2.24) is 29.8 Å². The third-order valence-corrected chi connectivity index (χ3v) is 29.2. The van der Waals surface area contributed by atoms with Crippen molar-refractivity contribution in [3.05, 3.63) is 167 Å². The lowest BCUT2D eigenvalue weighted by atomic mass is 9.83. The van der Waals surface area contributed by atoms with E-state index in [1.165, 1.54) is 202 Å². The zero-order valence-corrected chi connectivity index (χ0v) is 68.8. The molecule has 1 N–H and O–H groups in total. The van der Waals surface area contributed by atoms with Gasteiger partial charge in [0.05, 0.1) is 35.0 Å². The lowest BCUT2D eigenvalue weighted by molar-refractivity contribution is 0.0181. The molecule has 0 spiro atoms. The van der Waals surface area contributed by atoms with Crippen LogP contribution < -0.4 is 24.3 Å². The number of piperidine rings is 5. The second-order valence-electron chi connectivity index (χ2n) is 35.5. The summed E-state index contributed by atoms with van der Waals surface area (Å²) in [4.78, 5) is 36.5. The van der Waals surface area contributed by atoms with Crippen molar-refractivity contribution in [1.29, 1.82) is 0 Å². The summed E-state index contributed by atoms with van der Waals surface area (Å²) in [6.07, 6.45) is 33.4. The molecule has 0 radical (unpaired) electrons. The number of aryl methyl sites for hydroxylation is 1. The lowest BCUT2D eigenvalue weighted by Gasteiger charge is -2.43. The summed E-state index contributed by atoms with van der Waals surface area (Å²) in [5, 5.41) is 2.67. The van der Waals surface area contributed by atoms with E-state index < -0.39 is 11.5 Å². The molecule has 6 aromatic rings. The van der Waals surface area contributed by atoms with E-state index in [0.29, 0.717) is 60.1 Å². The molecule has 6 saturated carbocycles. The van der Waals surface area contributed by atoms with Gasteiger partial charge in [-0.25, -0.2) is 13.6 Å². The first-order chi connectivity index (χ1) is 54.6. The molecule has 6 bridgehead atoms. The number of halogens is 2. The maximum Gasteiger partial charge on any atom is 0.409 e. The van der Waals surface area contributed by atoms with Crippen LogP contribution in [0, 0.1) is 54.2 Å². The van der Waals surface area contributed by atoms with Crippen molar-refractivity contribution < 1.29 is 42.1 Å². The van der Waals surface area contributed by atoms with Crippen LogP contribution in [0.1, 0.15) is 230 Å². The number of rotatable bonds is 17. The first-order valence-corrected chi connectivity index (χ1v) is 43.9. The number of benzene rings is 6. The van der Waals surface area contributed by atoms with Crippen molar-refractivity contribution in [3.8, 4) is 45.3 Å². The van der Waals surface area contributed by atoms with Gasteiger partial charge in [0.25, 0.3) is 5.91 Å². The summed E-state index contributed by atoms with van der Waals surface area (Å²) in [6.45, 7) is 16.1. The molecule has 6 aromatic carbocycles. The Morgan fingerprint density at radius 2 is 1.06 bits per heavy atom. The summed E-state index contributed by atoms with van der Waals surface area (Å²) in [7, 11) is 8.40. The molecule has 112 heavy (non-hydrogen) atoms. The molecule has 13 nitrogen and oxygen atoms in total. The summed E-state index contributed by atoms with van der Waals surface area (Å²) in [6, 6.07) is 45.0. The van der Waals surface area contributed by atoms with E-state index in [2.05, 4.69) is 117 Å². The third-order valence-electron chi connectivity index (χ3n) is 29.2. The predicted octanol–water partition coefficient (Wildman–Crippen LogP) is 20.7. The Hall–Kier alpha value is -7.04. The smallest absolute Gasteiger partial charge is 0.409 e. The van der Waals surface area contributed by atoms with E-state index in [9.17, 15) is 14.0 Å². The van der Waals surface area contributed by atoms with Gasteiger partial charge < -0.3 is 48.6 Å². The number of hydrogen-bond acceptors (Lipinski definition) is 11. The highest BCUT2D eigenvalue weighted by Gasteiger charge is 2.46. The fourth-order valence-corrected chi connectivity index (χ4v) is 22.9. The maximum atomic E-state index is 15.7. The van der Waals surface area contributed by atoms with E-state index in [4.69, 9.17) is 23.7 Å². The first kappa shape index (κ1) is 81.5. The van der Waals surface area contributed by atoms with Crippen LogP contribution in [0.4, 0.5) is 13.6 Å². The van der Waals surface area contributed by atoms with Crippen molar-refractivity contribution in [2.75, 3.05) is 114 Å². The SMILES string of the molecule is CCOC(=O)N1CCC(CN2CCC(c3cc(-c4ccc(C(=O)NC)cc4)ccc3OC)CC2)CC1.COc1ccc(-c2ccccc2C2CCN([C@H]3C[C@H]4CCC3C4)CC2)cc1.COc1ccc(C2CCN(C3CC[C@H]4CCC(C3)C4)CC2)c(C)c1.COc1ccc(F)cc1C1(F)CCN(C2CCCC3CCC2C3)CC1. The molecule has 5 saturated heterocycles. The average molecular weight is 1530 g/mol. The fourth-order valence-electron chi connectivity index (χ4n) is 22.9. The molecule has 5 heterocycles. The molecule has 6 aliphatic carbocycles. The Kier molecular flexibility index (Phi) is 28.1. The number of hydrogen-bond donors (Lipinski definition) is 1. The average Bonchev–Trinajstić information content (AvgIpc) is 1.23. The molecule has 0 aromatic heterocycles. The highest BCUT2D eigenvalue weighted by atomic mass is 19.1. The molecule has 6 unspecified atom stereocenters. The number of carbonyl (C=O) groups is 2. The molecular formula is C97H132F2N6O7. The van der Waals surface area contributed by atoms with Gasteiger partial charge >= 0.3 is 6.09 Å². The van der Waals surface area contributed by atoms with Crippen LogP contribution in [-0.4, -0.2) is 169 Å². The first-order valence-electron chi connectivity index (χ1n) is 43.9. The Morgan fingerprint density at radius 3 is 1.74 bits per heavy atom. The van der Waals surface area contributed by atoms with Crippen molar-refractivity contribution in [2.24, 2.45) is 41.4 Å². The van der Waals surface area contributed by atoms with E-state index in [1.807, 2.05) is 36.1 Å². The Labute approximate surface area is 670 Å². The number of ether oxygens (including phenoxy) is 5. The van der Waals surface area contributed by atoms with Crippen LogP contribution in [0.2, 0.25) is 0 Å². The summed E-state index contributed by atoms with van der Waals surface area (Å²) >= 11 is 0. The Balaban J connectivity index is 0.000000126. The zero-order chi connectivity index (χ0) is 77.7. The highest BCUT2D eigenvalue weighted by molar-refractivity contribution is 5.94. The minimum Gasteiger partial charge on any atom is -0.497 e. The van der Waals surface area contributed by atoms with Crippen LogP contribution in [0.5, 0.6) is 23.0 Å². The van der Waals surface area contributed by atoms with E-state index in [-0.39, 0.29) is 12.0 Å². The van der Waals surface area contributed by atoms with Gasteiger partial charge in [-0.3, -0.25) is 9.69 Å². The largest absolute Gasteiger partial charge is 0.497 e. The number of carbonyl (C=O) groups excluding carboxylic acids is 2. The zero-order valence-electron chi connectivity index (χ0n) is 68.8. The molecule has 15 heteroatoms. The topological polar surface area (TPSA) is 109 Å². The van der Waals surface area contributed by atoms with Crippen LogP contribution in [0.3, 0.4) is 0 Å². The van der Waals surface area contributed by atoms with Crippen molar-refractivity contribution in [2.45, 2.75) is 222 Å². The summed E-state index contributed by atoms with van der Waals surface area (Å²) in [5.74, 6) is 11.3. The van der Waals surface area contributed by atoms with Gasteiger partial charge in [0.1, 0.15) is 34.5 Å². The van der Waals surface area contributed by atoms with E-state index in [0.717, 1.165) is 153 Å². The van der Waals surface area contributed by atoms with Gasteiger partial charge in [0.2, 0.25) is 0 Å². The number of likely N-dealkylation sites (tertiary alicyclic amines) is 5. The van der Waals surface area contributed by atoms with Gasteiger partial charge in [0, 0.05) is 69.0 Å². The number of nitrogens with zero attached hydrogens (tertiary/aromatic N) is 5. The molecule has 11 aliphatic rings. The molecule has 17 rings (SSSR count). The third kappa shape index (κ3) is 19.9. The number of fused-ring (bicyclic) bond motifs is 6. The van der Waals surface area contributed by atoms with E-state index in [1.54, 1.807) is 40.0 Å². The highest BCUT2D eigenvalue weighted by Crippen LogP contribution is 2.51. The second kappa shape index (κ2) is 38.6. The monoisotopic (exact) mass is 1530 g/mol. The van der Waals surface area contributed by atoms with Crippen molar-refractivity contribution >= 4 is 12.0 Å². The fraction of sp³-hybridized carbons (Fsp3) is 0.608. The minimum atomic E-state index is -1.48. The number of amides is 2. The molecule has 9 atom stereocenters.